The first kappa shape index (κ1) is 13.0. The second kappa shape index (κ2) is 10.1. The van der Waals surface area contributed by atoms with Crippen LogP contribution in [-0.2, 0) is 0 Å². The third-order valence-electron chi connectivity index (χ3n) is 2.66. The first-order chi connectivity index (χ1) is 6.35. The Morgan fingerprint density at radius 3 is 2.15 bits per heavy atom. The van der Waals surface area contributed by atoms with Gasteiger partial charge in [-0.15, -0.1) is 0 Å². The van der Waals surface area contributed by atoms with Gasteiger partial charge in [0.1, 0.15) is 0 Å². The Morgan fingerprint density at radius 2 is 1.62 bits per heavy atom. The molecular weight excluding hydrogens is 156 g/mol. The summed E-state index contributed by atoms with van der Waals surface area (Å²) in [6.07, 6.45) is 12.0. The van der Waals surface area contributed by atoms with Crippen LogP contribution in [0.3, 0.4) is 0 Å². The minimum atomic E-state index is 1.10. The third kappa shape index (κ3) is 8.33. The van der Waals surface area contributed by atoms with Crippen LogP contribution < -0.4 is 0 Å². The molecule has 0 aliphatic rings. The standard InChI is InChI=1S/C13H26/c1-4-7-9-10-12-13(6-3)11-8-5-2/h2,4-12H2,1,3H3. The highest BCUT2D eigenvalue weighted by Gasteiger charge is 2.05. The second-order valence-electron chi connectivity index (χ2n) is 3.87. The zero-order chi connectivity index (χ0) is 9.94. The molecule has 0 nitrogen and oxygen atoms in total. The van der Waals surface area contributed by atoms with E-state index < -0.39 is 0 Å². The maximum Gasteiger partial charge on any atom is -0.0244 e. The molecule has 0 spiro atoms. The van der Waals surface area contributed by atoms with Gasteiger partial charge < -0.3 is 0 Å². The van der Waals surface area contributed by atoms with Crippen molar-refractivity contribution in [2.45, 2.75) is 71.6 Å². The molecule has 0 saturated heterocycles. The molecule has 0 amide bonds. The van der Waals surface area contributed by atoms with Crippen molar-refractivity contribution in [2.24, 2.45) is 0 Å². The lowest BCUT2D eigenvalue weighted by atomic mass is 9.93. The minimum absolute atomic E-state index is 1.10. The van der Waals surface area contributed by atoms with Crippen LogP contribution in [0.25, 0.3) is 0 Å². The van der Waals surface area contributed by atoms with Crippen molar-refractivity contribution in [3.8, 4) is 0 Å². The molecular formula is C13H26. The van der Waals surface area contributed by atoms with Crippen LogP contribution in [0.4, 0.5) is 0 Å². The Labute approximate surface area is 85.1 Å². The maximum absolute atomic E-state index is 3.89. The Kier molecular flexibility index (Phi) is 10.1. The van der Waals surface area contributed by atoms with Crippen molar-refractivity contribution in [3.63, 3.8) is 0 Å². The van der Waals surface area contributed by atoms with E-state index in [1.165, 1.54) is 51.4 Å². The van der Waals surface area contributed by atoms with Gasteiger partial charge in [0.2, 0.25) is 0 Å². The van der Waals surface area contributed by atoms with Crippen LogP contribution in [0.1, 0.15) is 71.6 Å². The summed E-state index contributed by atoms with van der Waals surface area (Å²) in [5, 5.41) is 0. The lowest BCUT2D eigenvalue weighted by Gasteiger charge is -2.12. The van der Waals surface area contributed by atoms with Crippen molar-refractivity contribution < 1.29 is 0 Å². The Balaban J connectivity index is 3.25. The molecule has 2 radical (unpaired) electrons. The third-order valence-corrected chi connectivity index (χ3v) is 2.66. The van der Waals surface area contributed by atoms with Crippen molar-refractivity contribution in [2.75, 3.05) is 0 Å². The molecule has 78 valence electrons. The quantitative estimate of drug-likeness (QED) is 0.443. The summed E-state index contributed by atoms with van der Waals surface area (Å²) in [5.41, 5.74) is 0. The number of hydrogen-bond acceptors (Lipinski definition) is 0. The van der Waals surface area contributed by atoms with E-state index in [1.54, 1.807) is 5.92 Å². The number of unbranched alkanes of at least 4 members (excludes halogenated alkanes) is 4. The summed E-state index contributed by atoms with van der Waals surface area (Å²) < 4.78 is 0. The van der Waals surface area contributed by atoms with Crippen LogP contribution >= 0.6 is 0 Å². The fraction of sp³-hybridized carbons (Fsp3) is 0.846. The number of rotatable bonds is 9. The Hall–Kier alpha value is 0. The summed E-state index contributed by atoms with van der Waals surface area (Å²) in [6, 6.07) is 0. The van der Waals surface area contributed by atoms with Gasteiger partial charge >= 0.3 is 0 Å². The SMILES string of the molecule is [CH2]CCC[C](CC)CCCCCC. The molecule has 0 aliphatic heterocycles. The lowest BCUT2D eigenvalue weighted by molar-refractivity contribution is 0.581. The fourth-order valence-corrected chi connectivity index (χ4v) is 1.66. The minimum Gasteiger partial charge on any atom is -0.0654 e. The maximum atomic E-state index is 3.89. The normalized spacial score (nSPS) is 11.1. The zero-order valence-corrected chi connectivity index (χ0v) is 9.57. The predicted octanol–water partition coefficient (Wildman–Crippen LogP) is 4.95. The molecule has 0 saturated carbocycles. The van der Waals surface area contributed by atoms with Crippen molar-refractivity contribution in [1.29, 1.82) is 0 Å². The summed E-state index contributed by atoms with van der Waals surface area (Å²) in [5.74, 6) is 1.76. The van der Waals surface area contributed by atoms with Gasteiger partial charge in [-0.2, -0.15) is 0 Å². The van der Waals surface area contributed by atoms with Gasteiger partial charge in [-0.05, 0) is 25.2 Å². The van der Waals surface area contributed by atoms with Crippen molar-refractivity contribution >= 4 is 0 Å². The topological polar surface area (TPSA) is 0 Å². The van der Waals surface area contributed by atoms with Crippen molar-refractivity contribution in [3.05, 3.63) is 12.8 Å². The van der Waals surface area contributed by atoms with Crippen LogP contribution in [0.2, 0.25) is 0 Å². The van der Waals surface area contributed by atoms with Crippen LogP contribution in [0, 0.1) is 12.8 Å². The molecule has 13 heavy (non-hydrogen) atoms. The van der Waals surface area contributed by atoms with E-state index in [9.17, 15) is 0 Å². The largest absolute Gasteiger partial charge is 0.0654 e. The van der Waals surface area contributed by atoms with Crippen LogP contribution in [-0.4, -0.2) is 0 Å². The first-order valence-corrected chi connectivity index (χ1v) is 5.97. The first-order valence-electron chi connectivity index (χ1n) is 5.97. The van der Waals surface area contributed by atoms with Crippen LogP contribution in [0.15, 0.2) is 0 Å². The molecule has 0 aliphatic carbocycles. The highest BCUT2D eigenvalue weighted by molar-refractivity contribution is 4.87. The van der Waals surface area contributed by atoms with E-state index >= 15 is 0 Å². The smallest absolute Gasteiger partial charge is 0.0244 e. The lowest BCUT2D eigenvalue weighted by Crippen LogP contribution is -1.96. The molecule has 0 N–H and O–H groups in total. The molecule has 0 aromatic rings. The molecule has 0 aromatic heterocycles. The summed E-state index contributed by atoms with van der Waals surface area (Å²) >= 11 is 0. The Morgan fingerprint density at radius 1 is 0.923 bits per heavy atom. The van der Waals surface area contributed by atoms with Gasteiger partial charge in [-0.25, -0.2) is 0 Å². The van der Waals surface area contributed by atoms with E-state index in [2.05, 4.69) is 20.8 Å². The molecule has 0 unspecified atom stereocenters. The van der Waals surface area contributed by atoms with Gasteiger partial charge in [-0.1, -0.05) is 59.3 Å². The highest BCUT2D eigenvalue weighted by atomic mass is 14.1. The van der Waals surface area contributed by atoms with Gasteiger partial charge in [0.15, 0.2) is 0 Å². The van der Waals surface area contributed by atoms with E-state index in [-0.39, 0.29) is 0 Å². The average molecular weight is 182 g/mol. The van der Waals surface area contributed by atoms with E-state index in [0.29, 0.717) is 0 Å². The predicted molar refractivity (Wildman–Crippen MR) is 61.5 cm³/mol. The van der Waals surface area contributed by atoms with Gasteiger partial charge in [0.25, 0.3) is 0 Å². The highest BCUT2D eigenvalue weighted by Crippen LogP contribution is 2.21. The van der Waals surface area contributed by atoms with Gasteiger partial charge in [-0.3, -0.25) is 0 Å². The second-order valence-corrected chi connectivity index (χ2v) is 3.87. The summed E-state index contributed by atoms with van der Waals surface area (Å²) in [7, 11) is 0. The molecule has 0 bridgehead atoms. The molecule has 0 aromatic carbocycles. The monoisotopic (exact) mass is 182 g/mol. The van der Waals surface area contributed by atoms with E-state index in [0.717, 1.165) is 6.42 Å². The molecule has 0 heterocycles. The molecule has 0 rings (SSSR count). The summed E-state index contributed by atoms with van der Waals surface area (Å²) in [6.45, 7) is 8.45. The fourth-order valence-electron chi connectivity index (χ4n) is 1.66. The van der Waals surface area contributed by atoms with Gasteiger partial charge in [0, 0.05) is 0 Å². The average Bonchev–Trinajstić information content (AvgIpc) is 2.17. The molecule has 0 fully saturated rings. The molecule has 0 heteroatoms. The van der Waals surface area contributed by atoms with E-state index in [1.807, 2.05) is 0 Å². The van der Waals surface area contributed by atoms with Crippen LogP contribution in [0.5, 0.6) is 0 Å². The zero-order valence-electron chi connectivity index (χ0n) is 9.57. The van der Waals surface area contributed by atoms with Crippen molar-refractivity contribution in [1.82, 2.24) is 0 Å². The number of hydrogen-bond donors (Lipinski definition) is 0. The Bertz CT molecular complexity index is 86.0. The van der Waals surface area contributed by atoms with E-state index in [4.69, 9.17) is 0 Å². The molecule has 0 atom stereocenters. The van der Waals surface area contributed by atoms with Gasteiger partial charge in [0.05, 0.1) is 0 Å². The summed E-state index contributed by atoms with van der Waals surface area (Å²) in [4.78, 5) is 0.